The van der Waals surface area contributed by atoms with E-state index in [4.69, 9.17) is 27.9 Å². The summed E-state index contributed by atoms with van der Waals surface area (Å²) in [5.74, 6) is 0.991. The lowest BCUT2D eigenvalue weighted by atomic mass is 9.56. The van der Waals surface area contributed by atoms with E-state index in [1.54, 1.807) is 25.3 Å². The molecule has 5 nitrogen and oxygen atoms in total. The van der Waals surface area contributed by atoms with Gasteiger partial charge in [0.1, 0.15) is 5.75 Å². The van der Waals surface area contributed by atoms with E-state index in [1.165, 1.54) is 0 Å². The van der Waals surface area contributed by atoms with Gasteiger partial charge in [0.05, 0.1) is 22.6 Å². The van der Waals surface area contributed by atoms with E-state index in [0.29, 0.717) is 22.5 Å². The number of phenols is 1. The Morgan fingerprint density at radius 2 is 2.00 bits per heavy atom. The van der Waals surface area contributed by atoms with Gasteiger partial charge in [-0.05, 0) is 74.2 Å². The Kier molecular flexibility index (Phi) is 8.56. The van der Waals surface area contributed by atoms with Crippen molar-refractivity contribution in [2.75, 3.05) is 33.8 Å². The van der Waals surface area contributed by atoms with Gasteiger partial charge >= 0.3 is 0 Å². The number of benzene rings is 2. The van der Waals surface area contributed by atoms with Crippen LogP contribution < -0.4 is 0 Å². The number of hydrogen-bond donors (Lipinski definition) is 1. The first-order valence-corrected chi connectivity index (χ1v) is 13.6. The number of rotatable bonds is 7. The molecule has 7 heteroatoms. The molecule has 36 heavy (non-hydrogen) atoms. The number of carbonyl (C=O) groups excluding carboxylic acids is 1. The molecule has 2 aromatic carbocycles. The van der Waals surface area contributed by atoms with Crippen molar-refractivity contribution in [1.82, 2.24) is 9.80 Å². The van der Waals surface area contributed by atoms with Crippen molar-refractivity contribution in [2.24, 2.45) is 11.8 Å². The Labute approximate surface area is 225 Å². The maximum atomic E-state index is 13.8. The Hall–Kier alpha value is -1.79. The number of hydrogen-bond acceptors (Lipinski definition) is 4. The molecule has 0 bridgehead atoms. The summed E-state index contributed by atoms with van der Waals surface area (Å²) in [7, 11) is 3.95. The third-order valence-corrected chi connectivity index (χ3v) is 8.84. The number of methoxy groups -OCH3 is 1. The van der Waals surface area contributed by atoms with Gasteiger partial charge in [-0.25, -0.2) is 0 Å². The molecule has 1 aliphatic carbocycles. The summed E-state index contributed by atoms with van der Waals surface area (Å²) < 4.78 is 6.14. The SMILES string of the molecule is COC1C[C@@H](N(CC(C)C)C(=O)Cc2ccc(Cl)c(Cl)c2)C[C@]2(c3cccc(O)c3)CCN(C)C[C@@H]12. The molecule has 4 rings (SSSR count). The van der Waals surface area contributed by atoms with Crippen LogP contribution in [0.1, 0.15) is 44.2 Å². The van der Waals surface area contributed by atoms with E-state index in [9.17, 15) is 9.90 Å². The zero-order valence-electron chi connectivity index (χ0n) is 21.7. The van der Waals surface area contributed by atoms with Crippen molar-refractivity contribution >= 4 is 29.1 Å². The number of nitrogens with zero attached hydrogens (tertiary/aromatic N) is 2. The van der Waals surface area contributed by atoms with Gasteiger partial charge in [0.25, 0.3) is 0 Å². The summed E-state index contributed by atoms with van der Waals surface area (Å²) in [4.78, 5) is 18.3. The second kappa shape index (κ2) is 11.3. The highest BCUT2D eigenvalue weighted by Crippen LogP contribution is 2.51. The second-order valence-electron chi connectivity index (χ2n) is 11.1. The number of amides is 1. The summed E-state index contributed by atoms with van der Waals surface area (Å²) in [5.41, 5.74) is 1.84. The monoisotopic (exact) mass is 532 g/mol. The predicted octanol–water partition coefficient (Wildman–Crippen LogP) is 5.79. The third-order valence-electron chi connectivity index (χ3n) is 8.10. The quantitative estimate of drug-likeness (QED) is 0.490. The smallest absolute Gasteiger partial charge is 0.227 e. The van der Waals surface area contributed by atoms with Crippen LogP contribution in [-0.4, -0.2) is 66.8 Å². The molecule has 0 spiro atoms. The molecule has 1 saturated heterocycles. The highest BCUT2D eigenvalue weighted by atomic mass is 35.5. The highest BCUT2D eigenvalue weighted by molar-refractivity contribution is 6.42. The summed E-state index contributed by atoms with van der Waals surface area (Å²) >= 11 is 12.3. The summed E-state index contributed by atoms with van der Waals surface area (Å²) in [6.07, 6.45) is 2.92. The molecule has 0 aromatic heterocycles. The Balaban J connectivity index is 1.70. The van der Waals surface area contributed by atoms with Gasteiger partial charge in [-0.3, -0.25) is 4.79 Å². The largest absolute Gasteiger partial charge is 0.508 e. The number of carbonyl (C=O) groups is 1. The number of halogens is 2. The van der Waals surface area contributed by atoms with Gasteiger partial charge < -0.3 is 19.6 Å². The van der Waals surface area contributed by atoms with Crippen LogP contribution in [0.25, 0.3) is 0 Å². The number of piperidine rings is 1. The molecule has 0 radical (unpaired) electrons. The first-order chi connectivity index (χ1) is 17.1. The normalized spacial score (nSPS) is 26.6. The van der Waals surface area contributed by atoms with E-state index in [2.05, 4.69) is 36.8 Å². The molecular weight excluding hydrogens is 495 g/mol. The van der Waals surface area contributed by atoms with Crippen LogP contribution in [0.15, 0.2) is 42.5 Å². The summed E-state index contributed by atoms with van der Waals surface area (Å²) in [6, 6.07) is 13.2. The van der Waals surface area contributed by atoms with Crippen LogP contribution in [-0.2, 0) is 21.4 Å². The molecular formula is C29H38Cl2N2O3. The number of aromatic hydroxyl groups is 1. The zero-order valence-corrected chi connectivity index (χ0v) is 23.2. The fourth-order valence-electron chi connectivity index (χ4n) is 6.40. The van der Waals surface area contributed by atoms with Gasteiger partial charge in [-0.15, -0.1) is 0 Å². The van der Waals surface area contributed by atoms with E-state index in [-0.39, 0.29) is 41.6 Å². The first kappa shape index (κ1) is 27.3. The van der Waals surface area contributed by atoms with Gasteiger partial charge in [0, 0.05) is 37.6 Å². The minimum absolute atomic E-state index is 0.0151. The van der Waals surface area contributed by atoms with Gasteiger partial charge in [-0.2, -0.15) is 0 Å². The highest BCUT2D eigenvalue weighted by Gasteiger charge is 2.53. The lowest BCUT2D eigenvalue weighted by Crippen LogP contribution is -2.61. The van der Waals surface area contributed by atoms with Crippen LogP contribution in [0, 0.1) is 11.8 Å². The van der Waals surface area contributed by atoms with Crippen LogP contribution in [0.3, 0.4) is 0 Å². The third kappa shape index (κ3) is 5.70. The molecule has 2 aliphatic rings. The van der Waals surface area contributed by atoms with Crippen molar-refractivity contribution in [3.05, 3.63) is 63.6 Å². The molecule has 196 valence electrons. The van der Waals surface area contributed by atoms with Gasteiger partial charge in [0.15, 0.2) is 0 Å². The molecule has 2 fully saturated rings. The maximum absolute atomic E-state index is 13.8. The fourth-order valence-corrected chi connectivity index (χ4v) is 6.72. The van der Waals surface area contributed by atoms with Crippen molar-refractivity contribution in [1.29, 1.82) is 0 Å². The molecule has 1 amide bonds. The second-order valence-corrected chi connectivity index (χ2v) is 11.9. The number of phenolic OH excluding ortho intramolecular Hbond substituents is 1. The fraction of sp³-hybridized carbons (Fsp3) is 0.552. The summed E-state index contributed by atoms with van der Waals surface area (Å²) in [5, 5.41) is 11.3. The maximum Gasteiger partial charge on any atom is 0.227 e. The van der Waals surface area contributed by atoms with E-state index in [0.717, 1.165) is 43.5 Å². The minimum atomic E-state index is -0.173. The molecule has 1 N–H and O–H groups in total. The van der Waals surface area contributed by atoms with Crippen LogP contribution in [0.5, 0.6) is 5.75 Å². The molecule has 2 aromatic rings. The molecule has 1 heterocycles. The molecule has 4 atom stereocenters. The topological polar surface area (TPSA) is 53.0 Å². The molecule has 1 saturated carbocycles. The van der Waals surface area contributed by atoms with E-state index < -0.39 is 0 Å². The first-order valence-electron chi connectivity index (χ1n) is 12.9. The van der Waals surface area contributed by atoms with E-state index >= 15 is 0 Å². The summed E-state index contributed by atoms with van der Waals surface area (Å²) in [6.45, 7) is 6.89. The van der Waals surface area contributed by atoms with Crippen molar-refractivity contribution in [3.8, 4) is 5.75 Å². The van der Waals surface area contributed by atoms with E-state index in [1.807, 2.05) is 18.2 Å². The Morgan fingerprint density at radius 3 is 2.67 bits per heavy atom. The number of ether oxygens (including phenoxy) is 1. The average Bonchev–Trinajstić information content (AvgIpc) is 2.84. The standard InChI is InChI=1S/C29H38Cl2N2O3/c1-19(2)17-33(28(35)13-20-8-9-25(30)26(31)12-20)22-15-27(36-4)24-18-32(3)11-10-29(24,16-22)21-6-5-7-23(34)14-21/h5-9,12,14,19,22,24,27,34H,10-11,13,15-18H2,1-4H3/t22-,24+,27?,29+/m1/s1. The Bertz CT molecular complexity index is 1080. The number of likely N-dealkylation sites (tertiary alicyclic amines) is 1. The molecule has 1 aliphatic heterocycles. The van der Waals surface area contributed by atoms with Crippen molar-refractivity contribution in [2.45, 2.75) is 57.1 Å². The van der Waals surface area contributed by atoms with Crippen LogP contribution in [0.4, 0.5) is 0 Å². The van der Waals surface area contributed by atoms with Gasteiger partial charge in [-0.1, -0.05) is 55.2 Å². The average molecular weight is 534 g/mol. The number of fused-ring (bicyclic) bond motifs is 1. The Morgan fingerprint density at radius 1 is 1.22 bits per heavy atom. The zero-order chi connectivity index (χ0) is 26.0. The van der Waals surface area contributed by atoms with Crippen LogP contribution in [0.2, 0.25) is 10.0 Å². The van der Waals surface area contributed by atoms with Crippen molar-refractivity contribution in [3.63, 3.8) is 0 Å². The lowest BCUT2D eigenvalue weighted by Gasteiger charge is -2.56. The lowest BCUT2D eigenvalue weighted by molar-refractivity contribution is -0.139. The molecule has 1 unspecified atom stereocenters. The van der Waals surface area contributed by atoms with Crippen LogP contribution >= 0.6 is 23.2 Å². The van der Waals surface area contributed by atoms with Crippen molar-refractivity contribution < 1.29 is 14.6 Å². The minimum Gasteiger partial charge on any atom is -0.508 e. The predicted molar refractivity (Wildman–Crippen MR) is 146 cm³/mol. The van der Waals surface area contributed by atoms with Gasteiger partial charge in [0.2, 0.25) is 5.91 Å².